The fourth-order valence-corrected chi connectivity index (χ4v) is 2.58. The van der Waals surface area contributed by atoms with Gasteiger partial charge in [-0.3, -0.25) is 0 Å². The fraction of sp³-hybridized carbons (Fsp3) is 1.00. The molecule has 0 aromatic rings. The van der Waals surface area contributed by atoms with Crippen LogP contribution in [0, 0.1) is 17.8 Å². The van der Waals surface area contributed by atoms with Crippen molar-refractivity contribution in [2.45, 2.75) is 53.5 Å². The zero-order valence-corrected chi connectivity index (χ0v) is 12.5. The highest BCUT2D eigenvalue weighted by atomic mass is 15.2. The Bertz CT molecular complexity index is 203. The molecular formula is C15H32N2. The van der Waals surface area contributed by atoms with Gasteiger partial charge in [0.1, 0.15) is 0 Å². The summed E-state index contributed by atoms with van der Waals surface area (Å²) in [5, 5.41) is 3.55. The van der Waals surface area contributed by atoms with Gasteiger partial charge in [-0.25, -0.2) is 0 Å². The van der Waals surface area contributed by atoms with E-state index in [1.807, 2.05) is 0 Å². The van der Waals surface area contributed by atoms with Gasteiger partial charge in [0.25, 0.3) is 0 Å². The molecule has 0 amide bonds. The van der Waals surface area contributed by atoms with Crippen LogP contribution in [0.3, 0.4) is 0 Å². The van der Waals surface area contributed by atoms with E-state index >= 15 is 0 Å². The van der Waals surface area contributed by atoms with Crippen molar-refractivity contribution in [1.82, 2.24) is 10.2 Å². The van der Waals surface area contributed by atoms with Gasteiger partial charge in [-0.2, -0.15) is 0 Å². The minimum absolute atomic E-state index is 0.740. The molecule has 0 aromatic heterocycles. The molecule has 1 N–H and O–H groups in total. The van der Waals surface area contributed by atoms with Gasteiger partial charge in [-0.15, -0.1) is 0 Å². The van der Waals surface area contributed by atoms with E-state index in [2.05, 4.69) is 44.8 Å². The van der Waals surface area contributed by atoms with Gasteiger partial charge in [0, 0.05) is 12.6 Å². The first-order valence-electron chi connectivity index (χ1n) is 7.45. The van der Waals surface area contributed by atoms with Crippen molar-refractivity contribution >= 4 is 0 Å². The maximum Gasteiger partial charge on any atom is 0.00791 e. The summed E-state index contributed by atoms with van der Waals surface area (Å²) >= 11 is 0. The molecule has 102 valence electrons. The molecule has 0 aliphatic carbocycles. The molecule has 1 saturated heterocycles. The number of nitrogens with one attached hydrogen (secondary N) is 1. The van der Waals surface area contributed by atoms with Crippen LogP contribution in [0.4, 0.5) is 0 Å². The first kappa shape index (κ1) is 15.0. The fourth-order valence-electron chi connectivity index (χ4n) is 2.58. The third kappa shape index (κ3) is 5.39. The van der Waals surface area contributed by atoms with Gasteiger partial charge in [0.15, 0.2) is 0 Å². The largest absolute Gasteiger partial charge is 0.316 e. The van der Waals surface area contributed by atoms with Crippen LogP contribution in [0.2, 0.25) is 0 Å². The summed E-state index contributed by atoms with van der Waals surface area (Å²) in [6.07, 6.45) is 2.67. The lowest BCUT2D eigenvalue weighted by Gasteiger charge is -2.39. The maximum atomic E-state index is 3.55. The SMILES string of the molecule is CC(C)CNCCC(C)N1CCC(C)C(C)C1. The van der Waals surface area contributed by atoms with Crippen LogP contribution in [-0.4, -0.2) is 37.1 Å². The minimum Gasteiger partial charge on any atom is -0.316 e. The molecule has 1 heterocycles. The summed E-state index contributed by atoms with van der Waals surface area (Å²) in [6, 6.07) is 0.740. The van der Waals surface area contributed by atoms with Crippen molar-refractivity contribution in [2.75, 3.05) is 26.2 Å². The van der Waals surface area contributed by atoms with Crippen LogP contribution >= 0.6 is 0 Å². The van der Waals surface area contributed by atoms with Crippen molar-refractivity contribution in [3.63, 3.8) is 0 Å². The monoisotopic (exact) mass is 240 g/mol. The Hall–Kier alpha value is -0.0800. The zero-order chi connectivity index (χ0) is 12.8. The lowest BCUT2D eigenvalue weighted by Crippen LogP contribution is -2.44. The van der Waals surface area contributed by atoms with Crippen molar-refractivity contribution < 1.29 is 0 Å². The van der Waals surface area contributed by atoms with Crippen molar-refractivity contribution in [3.8, 4) is 0 Å². The number of nitrogens with zero attached hydrogens (tertiary/aromatic N) is 1. The Morgan fingerprint density at radius 3 is 2.47 bits per heavy atom. The Labute approximate surface area is 108 Å². The molecule has 1 aliphatic rings. The summed E-state index contributed by atoms with van der Waals surface area (Å²) < 4.78 is 0. The van der Waals surface area contributed by atoms with Crippen LogP contribution in [0.25, 0.3) is 0 Å². The molecule has 1 aliphatic heterocycles. The van der Waals surface area contributed by atoms with Crippen molar-refractivity contribution in [1.29, 1.82) is 0 Å². The molecule has 17 heavy (non-hydrogen) atoms. The molecular weight excluding hydrogens is 208 g/mol. The Morgan fingerprint density at radius 2 is 1.88 bits per heavy atom. The molecule has 3 atom stereocenters. The second-order valence-corrected chi connectivity index (χ2v) is 6.47. The van der Waals surface area contributed by atoms with Crippen LogP contribution < -0.4 is 5.32 Å². The van der Waals surface area contributed by atoms with Gasteiger partial charge < -0.3 is 10.2 Å². The van der Waals surface area contributed by atoms with E-state index in [0.717, 1.165) is 30.3 Å². The first-order chi connectivity index (χ1) is 8.00. The van der Waals surface area contributed by atoms with E-state index in [1.54, 1.807) is 0 Å². The predicted octanol–water partition coefficient (Wildman–Crippen LogP) is 2.99. The second kappa shape index (κ2) is 7.38. The van der Waals surface area contributed by atoms with Crippen LogP contribution in [0.15, 0.2) is 0 Å². The van der Waals surface area contributed by atoms with E-state index in [0.29, 0.717) is 0 Å². The average molecular weight is 240 g/mol. The number of hydrogen-bond donors (Lipinski definition) is 1. The molecule has 1 fully saturated rings. The van der Waals surface area contributed by atoms with E-state index in [4.69, 9.17) is 0 Å². The number of rotatable bonds is 6. The molecule has 0 bridgehead atoms. The molecule has 2 nitrogen and oxygen atoms in total. The van der Waals surface area contributed by atoms with Gasteiger partial charge in [0.05, 0.1) is 0 Å². The lowest BCUT2D eigenvalue weighted by atomic mass is 9.88. The van der Waals surface area contributed by atoms with E-state index in [9.17, 15) is 0 Å². The predicted molar refractivity (Wildman–Crippen MR) is 76.3 cm³/mol. The summed E-state index contributed by atoms with van der Waals surface area (Å²) in [4.78, 5) is 2.68. The molecule has 3 unspecified atom stereocenters. The zero-order valence-electron chi connectivity index (χ0n) is 12.5. The molecule has 2 heteroatoms. The summed E-state index contributed by atoms with van der Waals surface area (Å²) in [6.45, 7) is 16.6. The topological polar surface area (TPSA) is 15.3 Å². The lowest BCUT2D eigenvalue weighted by molar-refractivity contribution is 0.0986. The quantitative estimate of drug-likeness (QED) is 0.718. The highest BCUT2D eigenvalue weighted by Crippen LogP contribution is 2.24. The number of hydrogen-bond acceptors (Lipinski definition) is 2. The molecule has 0 aromatic carbocycles. The highest BCUT2D eigenvalue weighted by molar-refractivity contribution is 4.79. The van der Waals surface area contributed by atoms with Crippen LogP contribution in [0.1, 0.15) is 47.5 Å². The van der Waals surface area contributed by atoms with Crippen molar-refractivity contribution in [2.24, 2.45) is 17.8 Å². The van der Waals surface area contributed by atoms with E-state index in [-0.39, 0.29) is 0 Å². The minimum atomic E-state index is 0.740. The third-order valence-electron chi connectivity index (χ3n) is 4.28. The van der Waals surface area contributed by atoms with Gasteiger partial charge in [-0.05, 0) is 57.2 Å². The van der Waals surface area contributed by atoms with E-state index < -0.39 is 0 Å². The van der Waals surface area contributed by atoms with Gasteiger partial charge in [0.2, 0.25) is 0 Å². The summed E-state index contributed by atoms with van der Waals surface area (Å²) in [7, 11) is 0. The Kier molecular flexibility index (Phi) is 6.50. The van der Waals surface area contributed by atoms with Gasteiger partial charge in [-0.1, -0.05) is 27.7 Å². The van der Waals surface area contributed by atoms with Crippen molar-refractivity contribution in [3.05, 3.63) is 0 Å². The molecule has 0 radical (unpaired) electrons. The molecule has 1 rings (SSSR count). The Morgan fingerprint density at radius 1 is 1.18 bits per heavy atom. The standard InChI is InChI=1S/C15H32N2/c1-12(2)10-16-8-6-15(5)17-9-7-13(3)14(4)11-17/h12-16H,6-11H2,1-5H3. The van der Waals surface area contributed by atoms with Crippen LogP contribution in [0.5, 0.6) is 0 Å². The number of piperidine rings is 1. The summed E-state index contributed by atoms with van der Waals surface area (Å²) in [5.41, 5.74) is 0. The maximum absolute atomic E-state index is 3.55. The molecule has 0 saturated carbocycles. The highest BCUT2D eigenvalue weighted by Gasteiger charge is 2.25. The summed E-state index contributed by atoms with van der Waals surface area (Å²) in [5.74, 6) is 2.55. The second-order valence-electron chi connectivity index (χ2n) is 6.47. The van der Waals surface area contributed by atoms with Crippen LogP contribution in [-0.2, 0) is 0 Å². The Balaban J connectivity index is 2.17. The molecule has 0 spiro atoms. The number of likely N-dealkylation sites (tertiary alicyclic amines) is 1. The van der Waals surface area contributed by atoms with E-state index in [1.165, 1.54) is 32.5 Å². The smallest absolute Gasteiger partial charge is 0.00791 e. The average Bonchev–Trinajstić information content (AvgIpc) is 2.27. The third-order valence-corrected chi connectivity index (χ3v) is 4.28. The van der Waals surface area contributed by atoms with Gasteiger partial charge >= 0.3 is 0 Å². The first-order valence-corrected chi connectivity index (χ1v) is 7.45. The normalized spacial score (nSPS) is 28.6.